The van der Waals surface area contributed by atoms with Gasteiger partial charge in [-0.3, -0.25) is 38.4 Å². The van der Waals surface area contributed by atoms with E-state index in [1.807, 2.05) is 307 Å². The van der Waals surface area contributed by atoms with Gasteiger partial charge < -0.3 is 0 Å². The van der Waals surface area contributed by atoms with Crippen molar-refractivity contribution in [1.82, 2.24) is 10.0 Å². The molecular weight excluding hydrogens is 1530 g/mol. The lowest BCUT2D eigenvalue weighted by Gasteiger charge is -2.14. The van der Waals surface area contributed by atoms with Crippen LogP contribution in [0.15, 0.2) is 366 Å². The first-order chi connectivity index (χ1) is 59.0. The normalized spacial score (nSPS) is 20.0. The fourth-order valence-electron chi connectivity index (χ4n) is 14.7. The van der Waals surface area contributed by atoms with Crippen molar-refractivity contribution >= 4 is 127 Å². The van der Waals surface area contributed by atoms with E-state index in [1.165, 1.54) is 40.1 Å². The molecule has 8 amide bonds. The Kier molecular flexibility index (Phi) is 23.5. The van der Waals surface area contributed by atoms with E-state index in [4.69, 9.17) is 10.2 Å². The van der Waals surface area contributed by atoms with Crippen LogP contribution in [0.1, 0.15) is 72.2 Å². The van der Waals surface area contributed by atoms with Crippen LogP contribution in [0.25, 0.3) is 0 Å². The molecule has 24 heteroatoms. The zero-order valence-corrected chi connectivity index (χ0v) is 68.6. The molecule has 8 aliphatic rings. The topological polar surface area (TPSA) is 261 Å². The average Bonchev–Trinajstić information content (AvgIpc) is 1.61. The van der Waals surface area contributed by atoms with Gasteiger partial charge in [-0.05, 0) is 150 Å². The highest BCUT2D eigenvalue weighted by molar-refractivity contribution is 6.37. The van der Waals surface area contributed by atoms with E-state index in [0.29, 0.717) is 96.4 Å². The predicted molar refractivity (Wildman–Crippen MR) is 479 cm³/mol. The number of hydrazone groups is 8. The van der Waals surface area contributed by atoms with Gasteiger partial charge in [0.15, 0.2) is 0 Å². The third-order valence-electron chi connectivity index (χ3n) is 21.1. The summed E-state index contributed by atoms with van der Waals surface area (Å²) in [6.45, 7) is 15.1. The first-order valence-corrected chi connectivity index (χ1v) is 39.6. The van der Waals surface area contributed by atoms with Crippen molar-refractivity contribution in [3.8, 4) is 0 Å². The lowest BCUT2D eigenvalue weighted by atomic mass is 9.92. The third kappa shape index (κ3) is 16.9. The van der Waals surface area contributed by atoms with Crippen molar-refractivity contribution in [2.24, 2.45) is 64.5 Å². The smallest absolute Gasteiger partial charge is 0.272 e. The van der Waals surface area contributed by atoms with E-state index in [2.05, 4.69) is 30.6 Å². The van der Waals surface area contributed by atoms with Gasteiger partial charge in [-0.1, -0.05) is 242 Å². The van der Waals surface area contributed by atoms with Gasteiger partial charge in [-0.2, -0.15) is 70.9 Å². The Morgan fingerprint density at radius 1 is 0.238 bits per heavy atom. The van der Waals surface area contributed by atoms with Crippen molar-refractivity contribution in [3.63, 3.8) is 0 Å². The number of hydrogen-bond donors (Lipinski definition) is 0. The number of hydrogen-bond acceptors (Lipinski definition) is 16. The Bertz CT molecular complexity index is 6240. The van der Waals surface area contributed by atoms with E-state index in [9.17, 15) is 38.4 Å². The average molecular weight is 1610 g/mol. The molecule has 0 radical (unpaired) electrons. The van der Waals surface area contributed by atoms with Crippen LogP contribution in [0.3, 0.4) is 0 Å². The zero-order valence-electron chi connectivity index (χ0n) is 68.6. The lowest BCUT2D eigenvalue weighted by Crippen LogP contribution is -2.28. The Morgan fingerprint density at radius 2 is 0.549 bits per heavy atom. The first kappa shape index (κ1) is 81.4. The molecule has 24 nitrogen and oxygen atoms in total. The van der Waals surface area contributed by atoms with Crippen molar-refractivity contribution in [2.75, 3.05) is 44.1 Å². The number of likely N-dealkylation sites (N-methyl/N-ethyl adjacent to an activating group) is 1. The minimum absolute atomic E-state index is 0.170. The van der Waals surface area contributed by atoms with E-state index in [1.54, 1.807) is 66.1 Å². The third-order valence-corrected chi connectivity index (χ3v) is 21.1. The molecule has 0 aliphatic carbocycles. The summed E-state index contributed by atoms with van der Waals surface area (Å²) in [5, 5.41) is 46.9. The van der Waals surface area contributed by atoms with E-state index < -0.39 is 23.7 Å². The first-order valence-electron chi connectivity index (χ1n) is 39.6. The van der Waals surface area contributed by atoms with Crippen LogP contribution in [-0.4, -0.2) is 117 Å². The number of anilines is 6. The molecule has 0 aromatic heterocycles. The quantitative estimate of drug-likeness (QED) is 0.0943. The van der Waals surface area contributed by atoms with Crippen LogP contribution in [-0.2, 0) is 38.4 Å². The van der Waals surface area contributed by atoms with Gasteiger partial charge in [0.05, 0.1) is 103 Å². The van der Waals surface area contributed by atoms with Gasteiger partial charge in [0, 0.05) is 25.2 Å². The molecule has 10 aromatic rings. The second kappa shape index (κ2) is 35.2. The minimum atomic E-state index is -0.758. The molecule has 0 saturated carbocycles. The highest BCUT2D eigenvalue weighted by atomic mass is 16.2. The number of benzene rings is 10. The molecule has 604 valence electrons. The summed E-state index contributed by atoms with van der Waals surface area (Å²) in [5.74, 6) is -4.29. The summed E-state index contributed by atoms with van der Waals surface area (Å²) in [6.07, 6.45) is 6.78. The lowest BCUT2D eigenvalue weighted by molar-refractivity contribution is -0.129. The maximum atomic E-state index is 13.8. The maximum absolute atomic E-state index is 13.8. The Hall–Kier alpha value is -15.7. The SMILES string of the molecule is CC1=NN(c2ccc(C)cc2)C(=O)/C1=C\C1C(=O)N(c2ccc(C)cc2)N=C1C.CC1=NN(c2cccc(C)c2)C(=O)/C1=C\C1C(=O)N(c2cccc(C)c2)N=C1C.CN1N=C(c2ccccc2)/C(=C/C2C(=O)N(C)N=C2c2ccccc2)C1=O.O=C1/C(=C\C2C(=O)N(c3ccccc3)N=C2c2ccccc2)C(c2ccccc2)=NN1c1ccccc1. The summed E-state index contributed by atoms with van der Waals surface area (Å²) < 4.78 is 0. The van der Waals surface area contributed by atoms with Gasteiger partial charge >= 0.3 is 0 Å². The second-order valence-corrected chi connectivity index (χ2v) is 29.9. The fraction of sp³-hybridized carbons (Fsp3) is 0.143. The molecule has 4 atom stereocenters. The number of carbonyl (C=O) groups is 8. The van der Waals surface area contributed by atoms with Crippen LogP contribution in [0.5, 0.6) is 0 Å². The van der Waals surface area contributed by atoms with Crippen molar-refractivity contribution in [3.05, 3.63) is 370 Å². The summed E-state index contributed by atoms with van der Waals surface area (Å²) in [7, 11) is 3.24. The molecule has 8 aliphatic heterocycles. The maximum Gasteiger partial charge on any atom is 0.280 e. The van der Waals surface area contributed by atoms with Gasteiger partial charge in [-0.25, -0.2) is 10.0 Å². The van der Waals surface area contributed by atoms with Gasteiger partial charge in [0.1, 0.15) is 23.3 Å². The largest absolute Gasteiger partial charge is 0.280 e. The standard InChI is InChI=1S/C31H22N4O2.2C23H22N4O2.C21H18N4O2/c36-30-26(28(22-13-5-1-6-14-22)32-34(30)24-17-9-3-10-18-24)21-27-29(23-15-7-2-8-16-23)33-35(31(27)37)25-19-11-4-12-20-25;1-14-5-9-18(10-6-14)26-22(28)20(16(3)24-26)13-21-17(4)25-27(23(21)29)19-11-7-15(2)8-12-19;1-14-7-5-9-18(11-14)26-22(28)20(16(3)24-26)13-21-17(4)25-27(23(21)29)19-10-6-8-15(2)12-19;1-24-20(26)16(18(22-24)14-9-5-3-6-10-14)13-17-19(23-25(2)21(17)27)15-11-7-4-8-12-15/h1-21,26H;2*5-13,20H,1-4H3;3-13,16H,1-2H3/b27-21-;2*21-13-;17-13-. The van der Waals surface area contributed by atoms with E-state index in [-0.39, 0.29) is 47.3 Å². The van der Waals surface area contributed by atoms with Crippen LogP contribution in [0.2, 0.25) is 0 Å². The number of carbonyl (C=O) groups excluding carboxylic acids is 8. The van der Waals surface area contributed by atoms with Crippen molar-refractivity contribution in [2.45, 2.75) is 55.4 Å². The summed E-state index contributed by atoms with van der Waals surface area (Å²) in [4.78, 5) is 105. The highest BCUT2D eigenvalue weighted by Gasteiger charge is 2.43. The molecule has 18 rings (SSSR count). The number of para-hydroxylation sites is 2. The second-order valence-electron chi connectivity index (χ2n) is 29.9. The molecule has 0 spiro atoms. The summed E-state index contributed by atoms with van der Waals surface area (Å²) in [6, 6.07) is 87.2. The fourth-order valence-corrected chi connectivity index (χ4v) is 14.7. The number of amides is 8. The van der Waals surface area contributed by atoms with Crippen LogP contribution < -0.4 is 30.1 Å². The highest BCUT2D eigenvalue weighted by Crippen LogP contribution is 2.37. The zero-order chi connectivity index (χ0) is 85.6. The van der Waals surface area contributed by atoms with Crippen LogP contribution in [0.4, 0.5) is 34.1 Å². The van der Waals surface area contributed by atoms with E-state index >= 15 is 0 Å². The summed E-state index contributed by atoms with van der Waals surface area (Å²) in [5.41, 5.74) is 18.2. The molecular formula is C98H84N16O8. The Labute approximate surface area is 705 Å². The van der Waals surface area contributed by atoms with Crippen LogP contribution >= 0.6 is 0 Å². The Balaban J connectivity index is 0.000000127. The number of nitrogens with zero attached hydrogens (tertiary/aromatic N) is 16. The van der Waals surface area contributed by atoms with Crippen molar-refractivity contribution < 1.29 is 38.4 Å². The Morgan fingerprint density at radius 3 is 1.00 bits per heavy atom. The van der Waals surface area contributed by atoms with Gasteiger partial charge in [0.25, 0.3) is 47.3 Å². The van der Waals surface area contributed by atoms with Crippen molar-refractivity contribution in [1.29, 1.82) is 0 Å². The minimum Gasteiger partial charge on any atom is -0.272 e. The molecule has 10 aromatic carbocycles. The number of aryl methyl sites for hydroxylation is 4. The number of rotatable bonds is 14. The molecule has 0 bridgehead atoms. The summed E-state index contributed by atoms with van der Waals surface area (Å²) >= 11 is 0. The molecule has 4 unspecified atom stereocenters. The molecule has 0 N–H and O–H groups in total. The van der Waals surface area contributed by atoms with E-state index in [0.717, 1.165) is 50.2 Å². The predicted octanol–water partition coefficient (Wildman–Crippen LogP) is 15.7. The van der Waals surface area contributed by atoms with Gasteiger partial charge in [0.2, 0.25) is 0 Å². The van der Waals surface area contributed by atoms with Crippen LogP contribution in [0, 0.1) is 51.4 Å². The molecule has 122 heavy (non-hydrogen) atoms. The molecule has 8 heterocycles. The molecule has 0 fully saturated rings. The monoisotopic (exact) mass is 1610 g/mol. The molecule has 0 saturated heterocycles. The van der Waals surface area contributed by atoms with Gasteiger partial charge in [-0.15, -0.1) is 0 Å².